The summed E-state index contributed by atoms with van der Waals surface area (Å²) in [6.45, 7) is 0. The number of hydrogen-bond donors (Lipinski definition) is 1. The van der Waals surface area contributed by atoms with Crippen LogP contribution in [0.4, 0.5) is 0 Å². The molecular weight excluding hydrogens is 420 g/mol. The molecule has 6 heteroatoms. The predicted molar refractivity (Wildman–Crippen MR) is 77.7 cm³/mol. The van der Waals surface area contributed by atoms with Gasteiger partial charge in [-0.3, -0.25) is 4.98 Å². The molecular formula is C10H7Br3N2S. The van der Waals surface area contributed by atoms with Gasteiger partial charge in [-0.25, -0.2) is 0 Å². The van der Waals surface area contributed by atoms with Crippen LogP contribution in [-0.4, -0.2) is 4.98 Å². The third-order valence-electron chi connectivity index (χ3n) is 2.10. The SMILES string of the molecule is NC(c1cncc(Br)c1)c1cc(Br)sc1Br. The maximum absolute atomic E-state index is 6.19. The first-order valence-corrected chi connectivity index (χ1v) is 7.58. The Morgan fingerprint density at radius 1 is 1.19 bits per heavy atom. The summed E-state index contributed by atoms with van der Waals surface area (Å²) in [5.41, 5.74) is 8.25. The van der Waals surface area contributed by atoms with Gasteiger partial charge in [0.05, 0.1) is 13.6 Å². The van der Waals surface area contributed by atoms with Crippen LogP contribution in [0.2, 0.25) is 0 Å². The lowest BCUT2D eigenvalue weighted by atomic mass is 10.0. The van der Waals surface area contributed by atoms with E-state index in [1.54, 1.807) is 23.7 Å². The van der Waals surface area contributed by atoms with Gasteiger partial charge in [-0.15, -0.1) is 11.3 Å². The van der Waals surface area contributed by atoms with Crippen LogP contribution in [0.15, 0.2) is 36.6 Å². The van der Waals surface area contributed by atoms with E-state index in [1.165, 1.54) is 0 Å². The molecule has 16 heavy (non-hydrogen) atoms. The molecule has 0 aliphatic rings. The van der Waals surface area contributed by atoms with E-state index in [0.29, 0.717) is 0 Å². The summed E-state index contributed by atoms with van der Waals surface area (Å²) < 4.78 is 3.05. The Labute approximate surface area is 123 Å². The van der Waals surface area contributed by atoms with Crippen molar-refractivity contribution in [2.24, 2.45) is 5.73 Å². The Bertz CT molecular complexity index is 513. The van der Waals surface area contributed by atoms with Crippen molar-refractivity contribution in [2.75, 3.05) is 0 Å². The molecule has 2 rings (SSSR count). The van der Waals surface area contributed by atoms with E-state index < -0.39 is 0 Å². The lowest BCUT2D eigenvalue weighted by Gasteiger charge is -2.10. The summed E-state index contributed by atoms with van der Waals surface area (Å²) in [4.78, 5) is 4.12. The van der Waals surface area contributed by atoms with Crippen LogP contribution in [0.3, 0.4) is 0 Å². The molecule has 0 saturated carbocycles. The second-order valence-corrected chi connectivity index (χ2v) is 7.86. The van der Waals surface area contributed by atoms with E-state index in [0.717, 1.165) is 23.2 Å². The zero-order chi connectivity index (χ0) is 11.7. The van der Waals surface area contributed by atoms with Crippen molar-refractivity contribution in [3.63, 3.8) is 0 Å². The second kappa shape index (κ2) is 5.27. The molecule has 0 aliphatic carbocycles. The van der Waals surface area contributed by atoms with Crippen molar-refractivity contribution in [1.29, 1.82) is 0 Å². The Kier molecular flexibility index (Phi) is 4.18. The first kappa shape index (κ1) is 12.7. The Morgan fingerprint density at radius 2 is 1.94 bits per heavy atom. The predicted octanol–water partition coefficient (Wildman–Crippen LogP) is 4.48. The van der Waals surface area contributed by atoms with Gasteiger partial charge in [-0.2, -0.15) is 0 Å². The van der Waals surface area contributed by atoms with Crippen molar-refractivity contribution >= 4 is 59.1 Å². The van der Waals surface area contributed by atoms with E-state index in [2.05, 4.69) is 52.8 Å². The van der Waals surface area contributed by atoms with Crippen LogP contribution in [0.5, 0.6) is 0 Å². The molecule has 0 fully saturated rings. The molecule has 2 aromatic rings. The Hall–Kier alpha value is 0.250. The highest BCUT2D eigenvalue weighted by atomic mass is 79.9. The number of thiophene rings is 1. The normalized spacial score (nSPS) is 12.8. The molecule has 2 N–H and O–H groups in total. The number of rotatable bonds is 2. The minimum absolute atomic E-state index is 0.165. The number of pyridine rings is 1. The maximum Gasteiger partial charge on any atom is 0.0761 e. The largest absolute Gasteiger partial charge is 0.320 e. The highest BCUT2D eigenvalue weighted by Crippen LogP contribution is 2.36. The molecule has 2 aromatic heterocycles. The average molecular weight is 427 g/mol. The molecule has 0 aromatic carbocycles. The maximum atomic E-state index is 6.19. The van der Waals surface area contributed by atoms with E-state index >= 15 is 0 Å². The van der Waals surface area contributed by atoms with Gasteiger partial charge in [0.15, 0.2) is 0 Å². The van der Waals surface area contributed by atoms with Crippen molar-refractivity contribution in [2.45, 2.75) is 6.04 Å². The fraction of sp³-hybridized carbons (Fsp3) is 0.100. The van der Waals surface area contributed by atoms with Gasteiger partial charge >= 0.3 is 0 Å². The highest BCUT2D eigenvalue weighted by Gasteiger charge is 2.15. The van der Waals surface area contributed by atoms with Gasteiger partial charge in [0.25, 0.3) is 0 Å². The molecule has 0 radical (unpaired) electrons. The number of aromatic nitrogens is 1. The molecule has 2 heterocycles. The van der Waals surface area contributed by atoms with Gasteiger partial charge in [0.1, 0.15) is 0 Å². The lowest BCUT2D eigenvalue weighted by molar-refractivity contribution is 0.862. The van der Waals surface area contributed by atoms with E-state index in [9.17, 15) is 0 Å². The van der Waals surface area contributed by atoms with Crippen LogP contribution < -0.4 is 5.73 Å². The van der Waals surface area contributed by atoms with Crippen molar-refractivity contribution in [1.82, 2.24) is 4.98 Å². The average Bonchev–Trinajstić information content (AvgIpc) is 2.57. The lowest BCUT2D eigenvalue weighted by Crippen LogP contribution is -2.11. The molecule has 2 nitrogen and oxygen atoms in total. The van der Waals surface area contributed by atoms with Crippen molar-refractivity contribution in [3.05, 3.63) is 47.7 Å². The summed E-state index contributed by atoms with van der Waals surface area (Å²) in [6, 6.07) is 3.85. The molecule has 0 spiro atoms. The fourth-order valence-corrected chi connectivity index (χ4v) is 4.65. The second-order valence-electron chi connectivity index (χ2n) is 3.19. The standard InChI is InChI=1S/C10H7Br3N2S/c11-6-1-5(3-15-4-6)9(14)7-2-8(12)16-10(7)13/h1-4,9H,14H2. The minimum atomic E-state index is -0.165. The van der Waals surface area contributed by atoms with Crippen LogP contribution in [-0.2, 0) is 0 Å². The van der Waals surface area contributed by atoms with Gasteiger partial charge in [-0.1, -0.05) is 0 Å². The Morgan fingerprint density at radius 3 is 2.50 bits per heavy atom. The monoisotopic (exact) mass is 424 g/mol. The first-order chi connectivity index (χ1) is 7.58. The van der Waals surface area contributed by atoms with Crippen molar-refractivity contribution in [3.8, 4) is 0 Å². The van der Waals surface area contributed by atoms with E-state index in [-0.39, 0.29) is 6.04 Å². The summed E-state index contributed by atoms with van der Waals surface area (Å²) in [7, 11) is 0. The number of halogens is 3. The summed E-state index contributed by atoms with van der Waals surface area (Å²) >= 11 is 12.0. The van der Waals surface area contributed by atoms with Crippen LogP contribution in [0.1, 0.15) is 17.2 Å². The van der Waals surface area contributed by atoms with Gasteiger partial charge in [-0.05, 0) is 71.0 Å². The smallest absolute Gasteiger partial charge is 0.0761 e. The van der Waals surface area contributed by atoms with E-state index in [4.69, 9.17) is 5.73 Å². The zero-order valence-electron chi connectivity index (χ0n) is 7.95. The fourth-order valence-electron chi connectivity index (χ4n) is 1.34. The van der Waals surface area contributed by atoms with Crippen LogP contribution in [0.25, 0.3) is 0 Å². The molecule has 1 unspecified atom stereocenters. The van der Waals surface area contributed by atoms with Crippen molar-refractivity contribution < 1.29 is 0 Å². The molecule has 0 amide bonds. The summed E-state index contributed by atoms with van der Waals surface area (Å²) in [5.74, 6) is 0. The number of nitrogens with two attached hydrogens (primary N) is 1. The quantitative estimate of drug-likeness (QED) is 0.769. The molecule has 0 bridgehead atoms. The molecule has 84 valence electrons. The third-order valence-corrected chi connectivity index (χ3v) is 4.92. The molecule has 0 saturated heterocycles. The summed E-state index contributed by atoms with van der Waals surface area (Å²) in [5, 5.41) is 0. The molecule has 1 atom stereocenters. The first-order valence-electron chi connectivity index (χ1n) is 4.38. The number of nitrogens with zero attached hydrogens (tertiary/aromatic N) is 1. The van der Waals surface area contributed by atoms with E-state index in [1.807, 2.05) is 12.1 Å². The van der Waals surface area contributed by atoms with Gasteiger partial charge in [0.2, 0.25) is 0 Å². The van der Waals surface area contributed by atoms with Crippen LogP contribution in [0, 0.1) is 0 Å². The van der Waals surface area contributed by atoms with Crippen LogP contribution >= 0.6 is 59.1 Å². The molecule has 0 aliphatic heterocycles. The van der Waals surface area contributed by atoms with Gasteiger partial charge < -0.3 is 5.73 Å². The third kappa shape index (κ3) is 2.73. The topological polar surface area (TPSA) is 38.9 Å². The minimum Gasteiger partial charge on any atom is -0.320 e. The zero-order valence-corrected chi connectivity index (χ0v) is 13.5. The Balaban J connectivity index is 2.38. The highest BCUT2D eigenvalue weighted by molar-refractivity contribution is 9.12. The van der Waals surface area contributed by atoms with Gasteiger partial charge in [0, 0.05) is 16.9 Å². The number of hydrogen-bond acceptors (Lipinski definition) is 3. The summed E-state index contributed by atoms with van der Waals surface area (Å²) in [6.07, 6.45) is 3.53.